The molecule has 17 heavy (non-hydrogen) atoms. The van der Waals surface area contributed by atoms with Crippen LogP contribution < -0.4 is 5.32 Å². The van der Waals surface area contributed by atoms with E-state index < -0.39 is 9.84 Å². The normalized spacial score (nSPS) is 40.3. The van der Waals surface area contributed by atoms with Crippen molar-refractivity contribution >= 4 is 9.84 Å². The molecular weight excluding hydrogens is 234 g/mol. The van der Waals surface area contributed by atoms with Crippen molar-refractivity contribution in [3.8, 4) is 0 Å². The highest BCUT2D eigenvalue weighted by Crippen LogP contribution is 2.36. The van der Waals surface area contributed by atoms with E-state index in [1.807, 2.05) is 0 Å². The van der Waals surface area contributed by atoms with Gasteiger partial charge in [0.25, 0.3) is 0 Å². The average molecular weight is 259 g/mol. The van der Waals surface area contributed by atoms with Gasteiger partial charge in [0.1, 0.15) is 0 Å². The summed E-state index contributed by atoms with van der Waals surface area (Å²) in [5.74, 6) is 0.670. The first kappa shape index (κ1) is 13.3. The van der Waals surface area contributed by atoms with Crippen molar-refractivity contribution in [3.63, 3.8) is 0 Å². The standard InChI is InChI=1S/C13H25NO2S/c1-12(2)6-4-5-11(9-12)14-13(3)7-8-17(15,16)10-13/h11,14H,4-10H2,1-3H3. The zero-order chi connectivity index (χ0) is 12.7. The first-order valence-electron chi connectivity index (χ1n) is 6.68. The number of sulfone groups is 1. The predicted octanol–water partition coefficient (Wildman–Crippen LogP) is 2.12. The van der Waals surface area contributed by atoms with Crippen molar-refractivity contribution < 1.29 is 8.42 Å². The molecule has 0 spiro atoms. The molecule has 2 rings (SSSR count). The molecule has 100 valence electrons. The molecule has 0 bridgehead atoms. The van der Waals surface area contributed by atoms with Crippen molar-refractivity contribution in [1.82, 2.24) is 5.32 Å². The Kier molecular flexibility index (Phi) is 3.32. The maximum atomic E-state index is 11.6. The smallest absolute Gasteiger partial charge is 0.152 e. The van der Waals surface area contributed by atoms with Crippen LogP contribution in [0, 0.1) is 5.41 Å². The van der Waals surface area contributed by atoms with Gasteiger partial charge in [0.15, 0.2) is 9.84 Å². The third kappa shape index (κ3) is 3.44. The van der Waals surface area contributed by atoms with E-state index in [1.165, 1.54) is 25.7 Å². The molecule has 1 heterocycles. The predicted molar refractivity (Wildman–Crippen MR) is 70.8 cm³/mol. The van der Waals surface area contributed by atoms with Crippen LogP contribution >= 0.6 is 0 Å². The minimum Gasteiger partial charge on any atom is -0.308 e. The Morgan fingerprint density at radius 2 is 1.88 bits per heavy atom. The van der Waals surface area contributed by atoms with E-state index in [-0.39, 0.29) is 5.54 Å². The topological polar surface area (TPSA) is 46.2 Å². The Labute approximate surface area is 105 Å². The van der Waals surface area contributed by atoms with Crippen molar-refractivity contribution in [2.24, 2.45) is 5.41 Å². The SMILES string of the molecule is CC1(C)CCCC(NC2(C)CCS(=O)(=O)C2)C1. The molecule has 0 radical (unpaired) electrons. The van der Waals surface area contributed by atoms with Crippen LogP contribution in [0.5, 0.6) is 0 Å². The van der Waals surface area contributed by atoms with Gasteiger partial charge in [0.2, 0.25) is 0 Å². The third-order valence-electron chi connectivity index (χ3n) is 4.26. The summed E-state index contributed by atoms with van der Waals surface area (Å²) in [6, 6.07) is 0.497. The molecule has 2 aliphatic rings. The Morgan fingerprint density at radius 3 is 2.41 bits per heavy atom. The van der Waals surface area contributed by atoms with Crippen LogP contribution in [0.3, 0.4) is 0 Å². The van der Waals surface area contributed by atoms with Crippen LogP contribution in [0.4, 0.5) is 0 Å². The molecule has 2 fully saturated rings. The van der Waals surface area contributed by atoms with Crippen LogP contribution in [-0.2, 0) is 9.84 Å². The number of hydrogen-bond donors (Lipinski definition) is 1. The van der Waals surface area contributed by atoms with Crippen molar-refractivity contribution in [2.75, 3.05) is 11.5 Å². The van der Waals surface area contributed by atoms with Crippen LogP contribution in [0.25, 0.3) is 0 Å². The summed E-state index contributed by atoms with van der Waals surface area (Å²) in [7, 11) is -2.80. The molecule has 1 aliphatic carbocycles. The number of rotatable bonds is 2. The fraction of sp³-hybridized carbons (Fsp3) is 1.00. The first-order chi connectivity index (χ1) is 7.70. The molecule has 0 aromatic rings. The van der Waals surface area contributed by atoms with E-state index in [1.54, 1.807) is 0 Å². The fourth-order valence-corrected chi connectivity index (χ4v) is 5.54. The maximum Gasteiger partial charge on any atom is 0.152 e. The van der Waals surface area contributed by atoms with Gasteiger partial charge in [0, 0.05) is 11.6 Å². The lowest BCUT2D eigenvalue weighted by molar-refractivity contribution is 0.174. The molecule has 1 N–H and O–H groups in total. The highest BCUT2D eigenvalue weighted by atomic mass is 32.2. The summed E-state index contributed by atoms with van der Waals surface area (Å²) in [6.07, 6.45) is 5.68. The van der Waals surface area contributed by atoms with Gasteiger partial charge in [-0.2, -0.15) is 0 Å². The van der Waals surface area contributed by atoms with Gasteiger partial charge in [-0.3, -0.25) is 0 Å². The van der Waals surface area contributed by atoms with E-state index >= 15 is 0 Å². The largest absolute Gasteiger partial charge is 0.308 e. The highest BCUT2D eigenvalue weighted by Gasteiger charge is 2.40. The second-order valence-electron chi connectivity index (χ2n) is 7.00. The summed E-state index contributed by atoms with van der Waals surface area (Å²) < 4.78 is 23.2. The Bertz CT molecular complexity index is 388. The Morgan fingerprint density at radius 1 is 1.18 bits per heavy atom. The molecule has 4 heteroatoms. The van der Waals surface area contributed by atoms with E-state index in [4.69, 9.17) is 0 Å². The van der Waals surface area contributed by atoms with E-state index in [0.717, 1.165) is 6.42 Å². The lowest BCUT2D eigenvalue weighted by Gasteiger charge is -2.39. The molecule has 1 saturated carbocycles. The minimum atomic E-state index is -2.80. The summed E-state index contributed by atoms with van der Waals surface area (Å²) in [5, 5.41) is 3.63. The Balaban J connectivity index is 1.97. The highest BCUT2D eigenvalue weighted by molar-refractivity contribution is 7.91. The van der Waals surface area contributed by atoms with Crippen molar-refractivity contribution in [1.29, 1.82) is 0 Å². The molecular formula is C13H25NO2S. The van der Waals surface area contributed by atoms with Gasteiger partial charge in [-0.1, -0.05) is 20.3 Å². The summed E-state index contributed by atoms with van der Waals surface area (Å²) in [4.78, 5) is 0. The maximum absolute atomic E-state index is 11.6. The Hall–Kier alpha value is -0.0900. The van der Waals surface area contributed by atoms with Crippen LogP contribution in [0.2, 0.25) is 0 Å². The van der Waals surface area contributed by atoms with Gasteiger partial charge >= 0.3 is 0 Å². The second-order valence-corrected chi connectivity index (χ2v) is 9.19. The monoisotopic (exact) mass is 259 g/mol. The van der Waals surface area contributed by atoms with Gasteiger partial charge in [0.05, 0.1) is 11.5 Å². The van der Waals surface area contributed by atoms with Crippen LogP contribution in [0.15, 0.2) is 0 Å². The molecule has 0 amide bonds. The van der Waals surface area contributed by atoms with E-state index in [2.05, 4.69) is 26.1 Å². The first-order valence-corrected chi connectivity index (χ1v) is 8.50. The van der Waals surface area contributed by atoms with E-state index in [0.29, 0.717) is 23.0 Å². The van der Waals surface area contributed by atoms with Gasteiger partial charge < -0.3 is 5.32 Å². The molecule has 2 atom stereocenters. The summed E-state index contributed by atoms with van der Waals surface area (Å²) in [5.41, 5.74) is 0.223. The molecule has 2 unspecified atom stereocenters. The molecule has 0 aromatic carbocycles. The number of hydrogen-bond acceptors (Lipinski definition) is 3. The van der Waals surface area contributed by atoms with Crippen LogP contribution in [0.1, 0.15) is 52.9 Å². The quantitative estimate of drug-likeness (QED) is 0.826. The molecule has 1 aliphatic heterocycles. The van der Waals surface area contributed by atoms with Gasteiger partial charge in [-0.25, -0.2) is 8.42 Å². The molecule has 0 aromatic heterocycles. The zero-order valence-electron chi connectivity index (χ0n) is 11.3. The lowest BCUT2D eigenvalue weighted by Crippen LogP contribution is -2.51. The van der Waals surface area contributed by atoms with Crippen LogP contribution in [-0.4, -0.2) is 31.5 Å². The minimum absolute atomic E-state index is 0.184. The number of nitrogens with one attached hydrogen (secondary N) is 1. The van der Waals surface area contributed by atoms with Crippen molar-refractivity contribution in [3.05, 3.63) is 0 Å². The second kappa shape index (κ2) is 4.23. The third-order valence-corrected chi connectivity index (χ3v) is 6.16. The van der Waals surface area contributed by atoms with Gasteiger partial charge in [-0.15, -0.1) is 0 Å². The fourth-order valence-electron chi connectivity index (χ4n) is 3.44. The zero-order valence-corrected chi connectivity index (χ0v) is 12.1. The van der Waals surface area contributed by atoms with Gasteiger partial charge in [-0.05, 0) is 38.0 Å². The molecule has 1 saturated heterocycles. The summed E-state index contributed by atoms with van der Waals surface area (Å²) in [6.45, 7) is 6.70. The summed E-state index contributed by atoms with van der Waals surface area (Å²) >= 11 is 0. The van der Waals surface area contributed by atoms with Crippen molar-refractivity contribution in [2.45, 2.75) is 64.5 Å². The average Bonchev–Trinajstić information content (AvgIpc) is 2.38. The lowest BCUT2D eigenvalue weighted by atomic mass is 9.74. The molecule has 3 nitrogen and oxygen atoms in total. The van der Waals surface area contributed by atoms with E-state index in [9.17, 15) is 8.42 Å².